The number of rotatable bonds is 6. The smallest absolute Gasteiger partial charge is 0.355 e. The van der Waals surface area contributed by atoms with E-state index >= 15 is 0 Å². The van der Waals surface area contributed by atoms with Crippen molar-refractivity contribution >= 4 is 17.3 Å². The molecule has 1 saturated carbocycles. The number of nitrogens with one attached hydrogen (secondary N) is 2. The highest BCUT2D eigenvalue weighted by molar-refractivity contribution is 7.09. The minimum absolute atomic E-state index is 0.221. The average Bonchev–Trinajstić information content (AvgIpc) is 3.08. The van der Waals surface area contributed by atoms with Crippen molar-refractivity contribution in [3.63, 3.8) is 0 Å². The maximum absolute atomic E-state index is 12.5. The number of halogens is 3. The molecule has 0 aliphatic heterocycles. The standard InChI is InChI=1S/C16H26F3N5S/c1-20-15(21-8-9-24(2)12-6-4-3-5-7-12)22-10-14-23-13(11-25-14)16(17,18)19/h11-12H,3-10H2,1-2H3,(H2,20,21,22). The molecular weight excluding hydrogens is 351 g/mol. The summed E-state index contributed by atoms with van der Waals surface area (Å²) in [5, 5.41) is 7.62. The van der Waals surface area contributed by atoms with Gasteiger partial charge in [0.1, 0.15) is 5.01 Å². The Hall–Kier alpha value is -1.35. The van der Waals surface area contributed by atoms with Gasteiger partial charge in [0.2, 0.25) is 0 Å². The number of alkyl halides is 3. The van der Waals surface area contributed by atoms with Crippen molar-refractivity contribution in [2.75, 3.05) is 27.2 Å². The maximum atomic E-state index is 12.5. The second-order valence-corrected chi connectivity index (χ2v) is 7.19. The summed E-state index contributed by atoms with van der Waals surface area (Å²) in [5.74, 6) is 0.570. The molecular formula is C16H26F3N5S. The van der Waals surface area contributed by atoms with E-state index in [2.05, 4.69) is 32.6 Å². The van der Waals surface area contributed by atoms with Crippen LogP contribution in [-0.4, -0.2) is 49.1 Å². The van der Waals surface area contributed by atoms with Crippen LogP contribution in [0.25, 0.3) is 0 Å². The first-order valence-corrected chi connectivity index (χ1v) is 9.44. The first-order valence-electron chi connectivity index (χ1n) is 8.56. The first-order chi connectivity index (χ1) is 11.9. The molecule has 0 unspecified atom stereocenters. The number of hydrogen-bond acceptors (Lipinski definition) is 4. The highest BCUT2D eigenvalue weighted by Crippen LogP contribution is 2.29. The molecule has 0 atom stereocenters. The second kappa shape index (κ2) is 9.38. The molecule has 1 aromatic rings. The Morgan fingerprint density at radius 2 is 2.04 bits per heavy atom. The molecule has 1 fully saturated rings. The fraction of sp³-hybridized carbons (Fsp3) is 0.750. The van der Waals surface area contributed by atoms with Gasteiger partial charge in [-0.1, -0.05) is 19.3 Å². The Kier molecular flexibility index (Phi) is 7.49. The number of thiazole rings is 1. The second-order valence-electron chi connectivity index (χ2n) is 6.25. The Balaban J connectivity index is 1.70. The Morgan fingerprint density at radius 3 is 2.64 bits per heavy atom. The van der Waals surface area contributed by atoms with Gasteiger partial charge in [-0.25, -0.2) is 4.98 Å². The monoisotopic (exact) mass is 377 g/mol. The molecule has 0 saturated heterocycles. The van der Waals surface area contributed by atoms with Gasteiger partial charge in [-0.05, 0) is 19.9 Å². The topological polar surface area (TPSA) is 52.6 Å². The summed E-state index contributed by atoms with van der Waals surface area (Å²) in [5.41, 5.74) is -0.841. The van der Waals surface area contributed by atoms with Gasteiger partial charge < -0.3 is 15.5 Å². The molecule has 25 heavy (non-hydrogen) atoms. The predicted molar refractivity (Wildman–Crippen MR) is 94.8 cm³/mol. The molecule has 142 valence electrons. The lowest BCUT2D eigenvalue weighted by atomic mass is 9.94. The third-order valence-electron chi connectivity index (χ3n) is 4.43. The molecule has 9 heteroatoms. The summed E-state index contributed by atoms with van der Waals surface area (Å²) in [6, 6.07) is 0.654. The molecule has 1 aliphatic rings. The summed E-state index contributed by atoms with van der Waals surface area (Å²) in [6.45, 7) is 1.86. The van der Waals surface area contributed by atoms with Crippen LogP contribution in [0.4, 0.5) is 13.2 Å². The van der Waals surface area contributed by atoms with E-state index in [0.29, 0.717) is 17.0 Å². The van der Waals surface area contributed by atoms with E-state index in [1.807, 2.05) is 0 Å². The SMILES string of the molecule is CN=C(NCCN(C)C1CCCCC1)NCc1nc(C(F)(F)F)cs1. The number of aliphatic imine (C=N–C) groups is 1. The van der Waals surface area contributed by atoms with Crippen molar-refractivity contribution in [2.45, 2.75) is 50.9 Å². The van der Waals surface area contributed by atoms with Crippen LogP contribution in [0.1, 0.15) is 42.8 Å². The summed E-state index contributed by atoms with van der Waals surface area (Å²) < 4.78 is 37.6. The number of hydrogen-bond donors (Lipinski definition) is 2. The Bertz CT molecular complexity index is 552. The lowest BCUT2D eigenvalue weighted by Crippen LogP contribution is -2.43. The zero-order valence-corrected chi connectivity index (χ0v) is 15.5. The summed E-state index contributed by atoms with van der Waals surface area (Å²) in [6.07, 6.45) is 2.08. The van der Waals surface area contributed by atoms with E-state index in [-0.39, 0.29) is 6.54 Å². The van der Waals surface area contributed by atoms with E-state index in [4.69, 9.17) is 0 Å². The number of likely N-dealkylation sites (N-methyl/N-ethyl adjacent to an activating group) is 1. The Labute approximate surface area is 150 Å². The lowest BCUT2D eigenvalue weighted by molar-refractivity contribution is -0.140. The van der Waals surface area contributed by atoms with E-state index in [0.717, 1.165) is 29.8 Å². The molecule has 0 spiro atoms. The Morgan fingerprint density at radius 1 is 1.32 bits per heavy atom. The van der Waals surface area contributed by atoms with E-state index in [9.17, 15) is 13.2 Å². The van der Waals surface area contributed by atoms with Crippen molar-refractivity contribution in [1.29, 1.82) is 0 Å². The highest BCUT2D eigenvalue weighted by atomic mass is 32.1. The van der Waals surface area contributed by atoms with Crippen molar-refractivity contribution in [2.24, 2.45) is 4.99 Å². The normalized spacial score (nSPS) is 17.1. The van der Waals surface area contributed by atoms with Gasteiger partial charge in [0, 0.05) is 31.6 Å². The van der Waals surface area contributed by atoms with Crippen LogP contribution in [0, 0.1) is 0 Å². The van der Waals surface area contributed by atoms with Gasteiger partial charge >= 0.3 is 6.18 Å². The number of aromatic nitrogens is 1. The fourth-order valence-corrected chi connectivity index (χ4v) is 3.70. The maximum Gasteiger partial charge on any atom is 0.434 e. The highest BCUT2D eigenvalue weighted by Gasteiger charge is 2.33. The van der Waals surface area contributed by atoms with Crippen molar-refractivity contribution in [3.8, 4) is 0 Å². The lowest BCUT2D eigenvalue weighted by Gasteiger charge is -2.31. The average molecular weight is 377 g/mol. The summed E-state index contributed by atoms with van der Waals surface area (Å²) in [7, 11) is 3.78. The molecule has 0 aromatic carbocycles. The minimum atomic E-state index is -4.39. The quantitative estimate of drug-likeness (QED) is 0.591. The zero-order valence-electron chi connectivity index (χ0n) is 14.7. The van der Waals surface area contributed by atoms with Gasteiger partial charge in [-0.15, -0.1) is 11.3 Å². The van der Waals surface area contributed by atoms with E-state index in [1.165, 1.54) is 32.1 Å². The van der Waals surface area contributed by atoms with Gasteiger partial charge in [0.15, 0.2) is 11.7 Å². The van der Waals surface area contributed by atoms with Crippen LogP contribution < -0.4 is 10.6 Å². The van der Waals surface area contributed by atoms with E-state index in [1.54, 1.807) is 7.05 Å². The van der Waals surface area contributed by atoms with Crippen LogP contribution in [0.5, 0.6) is 0 Å². The molecule has 2 N–H and O–H groups in total. The van der Waals surface area contributed by atoms with Gasteiger partial charge in [-0.3, -0.25) is 4.99 Å². The number of guanidine groups is 1. The van der Waals surface area contributed by atoms with Gasteiger partial charge in [0.25, 0.3) is 0 Å². The van der Waals surface area contributed by atoms with Crippen LogP contribution in [0.2, 0.25) is 0 Å². The molecule has 1 aromatic heterocycles. The van der Waals surface area contributed by atoms with Gasteiger partial charge in [0.05, 0.1) is 6.54 Å². The van der Waals surface area contributed by atoms with Gasteiger partial charge in [-0.2, -0.15) is 13.2 Å². The summed E-state index contributed by atoms with van der Waals surface area (Å²) >= 11 is 0.992. The minimum Gasteiger partial charge on any atom is -0.355 e. The summed E-state index contributed by atoms with van der Waals surface area (Å²) in [4.78, 5) is 10.1. The molecule has 5 nitrogen and oxygen atoms in total. The molecule has 1 heterocycles. The third-order valence-corrected chi connectivity index (χ3v) is 5.28. The first kappa shape index (κ1) is 20.0. The van der Waals surface area contributed by atoms with Crippen molar-refractivity contribution in [1.82, 2.24) is 20.5 Å². The van der Waals surface area contributed by atoms with Crippen LogP contribution >= 0.6 is 11.3 Å². The molecule has 2 rings (SSSR count). The number of nitrogens with zero attached hydrogens (tertiary/aromatic N) is 3. The fourth-order valence-electron chi connectivity index (χ4n) is 2.96. The van der Waals surface area contributed by atoms with Crippen molar-refractivity contribution < 1.29 is 13.2 Å². The molecule has 0 bridgehead atoms. The van der Waals surface area contributed by atoms with Crippen LogP contribution in [-0.2, 0) is 12.7 Å². The largest absolute Gasteiger partial charge is 0.434 e. The molecule has 0 amide bonds. The van der Waals surface area contributed by atoms with Crippen molar-refractivity contribution in [3.05, 3.63) is 16.1 Å². The third kappa shape index (κ3) is 6.47. The van der Waals surface area contributed by atoms with Crippen LogP contribution in [0.3, 0.4) is 0 Å². The van der Waals surface area contributed by atoms with E-state index < -0.39 is 11.9 Å². The molecule has 1 aliphatic carbocycles. The predicted octanol–water partition coefficient (Wildman–Crippen LogP) is 3.09. The molecule has 0 radical (unpaired) electrons. The van der Waals surface area contributed by atoms with Crippen LogP contribution in [0.15, 0.2) is 10.4 Å². The zero-order chi connectivity index (χ0) is 18.3.